The summed E-state index contributed by atoms with van der Waals surface area (Å²) in [6.45, 7) is 10.3. The van der Waals surface area contributed by atoms with Crippen molar-refractivity contribution in [2.75, 3.05) is 6.54 Å². The Labute approximate surface area is 131 Å². The third kappa shape index (κ3) is 4.57. The number of rotatable bonds is 5. The van der Waals surface area contributed by atoms with Gasteiger partial charge in [0, 0.05) is 6.04 Å². The molecule has 0 heterocycles. The van der Waals surface area contributed by atoms with Gasteiger partial charge in [-0.25, -0.2) is 0 Å². The van der Waals surface area contributed by atoms with Crippen molar-refractivity contribution >= 4 is 0 Å². The Hall–Kier alpha value is -0.820. The first-order chi connectivity index (χ1) is 10.0. The van der Waals surface area contributed by atoms with Gasteiger partial charge in [0.2, 0.25) is 0 Å². The van der Waals surface area contributed by atoms with Crippen LogP contribution < -0.4 is 5.32 Å². The average Bonchev–Trinajstić information content (AvgIpc) is 2.47. The van der Waals surface area contributed by atoms with Crippen LogP contribution in [0.4, 0.5) is 0 Å². The van der Waals surface area contributed by atoms with E-state index in [4.69, 9.17) is 0 Å². The summed E-state index contributed by atoms with van der Waals surface area (Å²) < 4.78 is 0. The normalized spacial score (nSPS) is 18.7. The van der Waals surface area contributed by atoms with Gasteiger partial charge >= 0.3 is 0 Å². The molecule has 0 bridgehead atoms. The van der Waals surface area contributed by atoms with E-state index in [1.807, 2.05) is 0 Å². The van der Waals surface area contributed by atoms with Crippen LogP contribution in [0.25, 0.3) is 0 Å². The fraction of sp³-hybridized carbons (Fsp3) is 0.700. The Morgan fingerprint density at radius 1 is 1.10 bits per heavy atom. The Balaban J connectivity index is 2.21. The first-order valence-corrected chi connectivity index (χ1v) is 8.85. The molecule has 1 fully saturated rings. The Bertz CT molecular complexity index is 424. The van der Waals surface area contributed by atoms with E-state index >= 15 is 0 Å². The molecule has 1 aliphatic rings. The molecule has 1 unspecified atom stereocenters. The summed E-state index contributed by atoms with van der Waals surface area (Å²) in [6, 6.07) is 9.58. The molecule has 0 aliphatic heterocycles. The van der Waals surface area contributed by atoms with Crippen molar-refractivity contribution in [3.8, 4) is 0 Å². The van der Waals surface area contributed by atoms with Crippen molar-refractivity contribution in [3.63, 3.8) is 0 Å². The lowest BCUT2D eigenvalue weighted by atomic mass is 9.78. The topological polar surface area (TPSA) is 12.0 Å². The van der Waals surface area contributed by atoms with E-state index in [9.17, 15) is 0 Å². The lowest BCUT2D eigenvalue weighted by Crippen LogP contribution is -2.27. The van der Waals surface area contributed by atoms with Gasteiger partial charge in [-0.2, -0.15) is 0 Å². The van der Waals surface area contributed by atoms with E-state index in [0.717, 1.165) is 12.5 Å². The van der Waals surface area contributed by atoms with E-state index in [-0.39, 0.29) is 5.41 Å². The molecular weight excluding hydrogens is 254 g/mol. The smallest absolute Gasteiger partial charge is 0.0325 e. The van der Waals surface area contributed by atoms with E-state index in [1.165, 1.54) is 49.7 Å². The summed E-state index contributed by atoms with van der Waals surface area (Å²) in [6.07, 6.45) is 8.48. The molecule has 0 amide bonds. The van der Waals surface area contributed by atoms with Crippen LogP contribution in [0, 0.1) is 5.92 Å². The van der Waals surface area contributed by atoms with Crippen molar-refractivity contribution < 1.29 is 0 Å². The molecule has 1 aromatic rings. The second-order valence-electron chi connectivity index (χ2n) is 7.69. The van der Waals surface area contributed by atoms with E-state index in [2.05, 4.69) is 57.3 Å². The zero-order valence-electron chi connectivity index (χ0n) is 14.4. The van der Waals surface area contributed by atoms with E-state index < -0.39 is 0 Å². The fourth-order valence-corrected chi connectivity index (χ4v) is 3.81. The van der Waals surface area contributed by atoms with Crippen molar-refractivity contribution in [1.29, 1.82) is 0 Å². The Morgan fingerprint density at radius 3 is 2.38 bits per heavy atom. The summed E-state index contributed by atoms with van der Waals surface area (Å²) in [5, 5.41) is 3.76. The van der Waals surface area contributed by atoms with Crippen LogP contribution in [-0.4, -0.2) is 6.54 Å². The van der Waals surface area contributed by atoms with E-state index in [1.54, 1.807) is 0 Å². The minimum Gasteiger partial charge on any atom is -0.310 e. The molecule has 0 saturated heterocycles. The van der Waals surface area contributed by atoms with Gasteiger partial charge in [0.05, 0.1) is 0 Å². The minimum absolute atomic E-state index is 0.219. The van der Waals surface area contributed by atoms with Crippen LogP contribution in [0.2, 0.25) is 0 Å². The van der Waals surface area contributed by atoms with Gasteiger partial charge in [-0.1, -0.05) is 84.1 Å². The molecule has 1 aliphatic carbocycles. The predicted octanol–water partition coefficient (Wildman–Crippen LogP) is 5.61. The highest BCUT2D eigenvalue weighted by molar-refractivity contribution is 5.35. The van der Waals surface area contributed by atoms with Crippen LogP contribution in [0.15, 0.2) is 24.3 Å². The Morgan fingerprint density at radius 2 is 1.76 bits per heavy atom. The first-order valence-electron chi connectivity index (χ1n) is 8.85. The summed E-state index contributed by atoms with van der Waals surface area (Å²) >= 11 is 0. The molecular formula is C20H33N. The van der Waals surface area contributed by atoms with Crippen molar-refractivity contribution in [1.82, 2.24) is 5.32 Å². The summed E-state index contributed by atoms with van der Waals surface area (Å²) in [5.41, 5.74) is 3.25. The summed E-state index contributed by atoms with van der Waals surface area (Å²) in [7, 11) is 0. The highest BCUT2D eigenvalue weighted by atomic mass is 14.9. The van der Waals surface area contributed by atoms with Gasteiger partial charge in [0.25, 0.3) is 0 Å². The standard InChI is InChI=1S/C20H33N/c1-5-21-19(15-16-11-7-6-8-12-16)17-13-9-10-14-18(17)20(2,3)4/h9-10,13-14,16,19,21H,5-8,11-12,15H2,1-4H3. The lowest BCUT2D eigenvalue weighted by molar-refractivity contribution is 0.300. The van der Waals surface area contributed by atoms with Gasteiger partial charge in [-0.05, 0) is 35.4 Å². The molecule has 2 rings (SSSR count). The molecule has 1 atom stereocenters. The van der Waals surface area contributed by atoms with Crippen molar-refractivity contribution in [2.24, 2.45) is 5.92 Å². The van der Waals surface area contributed by atoms with Gasteiger partial charge in [-0.3, -0.25) is 0 Å². The molecule has 0 radical (unpaired) electrons. The highest BCUT2D eigenvalue weighted by Crippen LogP contribution is 2.36. The second-order valence-corrected chi connectivity index (χ2v) is 7.69. The third-order valence-corrected chi connectivity index (χ3v) is 4.89. The molecule has 0 aromatic heterocycles. The minimum atomic E-state index is 0.219. The lowest BCUT2D eigenvalue weighted by Gasteiger charge is -2.31. The fourth-order valence-electron chi connectivity index (χ4n) is 3.81. The van der Waals surface area contributed by atoms with Gasteiger partial charge in [0.1, 0.15) is 0 Å². The maximum Gasteiger partial charge on any atom is 0.0325 e. The van der Waals surface area contributed by atoms with E-state index in [0.29, 0.717) is 6.04 Å². The highest BCUT2D eigenvalue weighted by Gasteiger charge is 2.25. The molecule has 1 aromatic carbocycles. The van der Waals surface area contributed by atoms with Gasteiger partial charge < -0.3 is 5.32 Å². The van der Waals surface area contributed by atoms with Crippen molar-refractivity contribution in [3.05, 3.63) is 35.4 Å². The number of benzene rings is 1. The maximum absolute atomic E-state index is 3.76. The largest absolute Gasteiger partial charge is 0.310 e. The number of nitrogens with one attached hydrogen (secondary N) is 1. The molecule has 1 N–H and O–H groups in total. The number of hydrogen-bond donors (Lipinski definition) is 1. The quantitative estimate of drug-likeness (QED) is 0.742. The predicted molar refractivity (Wildman–Crippen MR) is 92.8 cm³/mol. The first kappa shape index (κ1) is 16.5. The molecule has 1 nitrogen and oxygen atoms in total. The van der Waals surface area contributed by atoms with Gasteiger partial charge in [0.15, 0.2) is 0 Å². The molecule has 21 heavy (non-hydrogen) atoms. The summed E-state index contributed by atoms with van der Waals surface area (Å²) in [4.78, 5) is 0. The summed E-state index contributed by atoms with van der Waals surface area (Å²) in [5.74, 6) is 0.913. The molecule has 1 heteroatoms. The van der Waals surface area contributed by atoms with Crippen molar-refractivity contribution in [2.45, 2.75) is 77.7 Å². The zero-order chi connectivity index (χ0) is 15.3. The molecule has 118 valence electrons. The Kier molecular flexibility index (Phi) is 5.87. The number of hydrogen-bond acceptors (Lipinski definition) is 1. The van der Waals surface area contributed by atoms with Crippen LogP contribution in [0.1, 0.15) is 83.4 Å². The maximum atomic E-state index is 3.76. The monoisotopic (exact) mass is 287 g/mol. The second kappa shape index (κ2) is 7.45. The zero-order valence-corrected chi connectivity index (χ0v) is 14.4. The average molecular weight is 287 g/mol. The SMILES string of the molecule is CCNC(CC1CCCCC1)c1ccccc1C(C)(C)C. The van der Waals surface area contributed by atoms with Gasteiger partial charge in [-0.15, -0.1) is 0 Å². The van der Waals surface area contributed by atoms with Crippen LogP contribution >= 0.6 is 0 Å². The van der Waals surface area contributed by atoms with Crippen LogP contribution in [-0.2, 0) is 5.41 Å². The van der Waals surface area contributed by atoms with Crippen LogP contribution in [0.3, 0.4) is 0 Å². The molecule has 0 spiro atoms. The molecule has 1 saturated carbocycles. The third-order valence-electron chi connectivity index (χ3n) is 4.89. The van der Waals surface area contributed by atoms with Crippen LogP contribution in [0.5, 0.6) is 0 Å².